The number of nitrogens with one attached hydrogen (secondary N) is 2. The fourth-order valence-corrected chi connectivity index (χ4v) is 1.15. The molecule has 0 aromatic carbocycles. The first-order valence-corrected chi connectivity index (χ1v) is 4.94. The summed E-state index contributed by atoms with van der Waals surface area (Å²) < 4.78 is 0. The van der Waals surface area contributed by atoms with Crippen LogP contribution in [0.5, 0.6) is 0 Å². The summed E-state index contributed by atoms with van der Waals surface area (Å²) >= 11 is 0. The van der Waals surface area contributed by atoms with Crippen molar-refractivity contribution in [2.24, 2.45) is 0 Å². The van der Waals surface area contributed by atoms with Gasteiger partial charge in [0.2, 0.25) is 0 Å². The Hall–Kier alpha value is -2.11. The monoisotopic (exact) mass is 222 g/mol. The zero-order valence-corrected chi connectivity index (χ0v) is 9.01. The number of nitro groups is 1. The number of hydrogen-bond acceptors (Lipinski definition) is 5. The Morgan fingerprint density at radius 3 is 3.00 bits per heavy atom. The molecule has 0 amide bonds. The highest BCUT2D eigenvalue weighted by Crippen LogP contribution is 1.96. The van der Waals surface area contributed by atoms with Crippen molar-refractivity contribution >= 4 is 0 Å². The summed E-state index contributed by atoms with van der Waals surface area (Å²) in [6, 6.07) is 3.72. The normalized spacial score (nSPS) is 10.9. The summed E-state index contributed by atoms with van der Waals surface area (Å²) in [6.45, 7) is 3.00. The fraction of sp³-hybridized carbons (Fsp3) is 0.300. The molecular formula is C10H14N4O2. The largest absolute Gasteiger partial charge is 0.367 e. The van der Waals surface area contributed by atoms with Gasteiger partial charge in [-0.2, -0.15) is 0 Å². The van der Waals surface area contributed by atoms with Gasteiger partial charge in [-0.3, -0.25) is 15.1 Å². The lowest BCUT2D eigenvalue weighted by atomic mass is 10.3. The molecule has 1 aromatic rings. The van der Waals surface area contributed by atoms with Gasteiger partial charge in [-0.25, -0.2) is 0 Å². The predicted molar refractivity (Wildman–Crippen MR) is 59.8 cm³/mol. The van der Waals surface area contributed by atoms with Crippen molar-refractivity contribution in [3.05, 3.63) is 52.2 Å². The summed E-state index contributed by atoms with van der Waals surface area (Å²) in [5.74, 6) is 0.399. The van der Waals surface area contributed by atoms with Gasteiger partial charge < -0.3 is 10.6 Å². The van der Waals surface area contributed by atoms with Crippen LogP contribution in [0.3, 0.4) is 0 Å². The van der Waals surface area contributed by atoms with Crippen molar-refractivity contribution in [1.82, 2.24) is 15.6 Å². The third-order valence-corrected chi connectivity index (χ3v) is 1.81. The summed E-state index contributed by atoms with van der Waals surface area (Å²) in [5, 5.41) is 16.1. The molecule has 6 heteroatoms. The molecule has 0 bridgehead atoms. The molecule has 86 valence electrons. The van der Waals surface area contributed by atoms with E-state index >= 15 is 0 Å². The Bertz CT molecular complexity index is 364. The molecule has 2 N–H and O–H groups in total. The number of pyridine rings is 1. The van der Waals surface area contributed by atoms with E-state index in [0.29, 0.717) is 18.9 Å². The molecule has 0 atom stereocenters. The number of aromatic nitrogens is 1. The van der Waals surface area contributed by atoms with E-state index in [1.54, 1.807) is 12.4 Å². The highest BCUT2D eigenvalue weighted by molar-refractivity contribution is 5.09. The van der Waals surface area contributed by atoms with Crippen molar-refractivity contribution < 1.29 is 4.92 Å². The highest BCUT2D eigenvalue weighted by Gasteiger charge is 2.00. The molecule has 0 unspecified atom stereocenters. The Balaban J connectivity index is 2.54. The first-order valence-electron chi connectivity index (χ1n) is 4.94. The van der Waals surface area contributed by atoms with Gasteiger partial charge in [0.25, 0.3) is 6.20 Å². The van der Waals surface area contributed by atoms with Crippen LogP contribution in [0.2, 0.25) is 0 Å². The molecule has 0 aliphatic carbocycles. The van der Waals surface area contributed by atoms with Crippen LogP contribution < -0.4 is 10.6 Å². The van der Waals surface area contributed by atoms with Crippen LogP contribution in [0.25, 0.3) is 0 Å². The van der Waals surface area contributed by atoms with Crippen molar-refractivity contribution in [2.45, 2.75) is 13.5 Å². The minimum Gasteiger partial charge on any atom is -0.367 e. The quantitative estimate of drug-likeness (QED) is 0.551. The van der Waals surface area contributed by atoms with E-state index in [4.69, 9.17) is 0 Å². The molecule has 0 aliphatic rings. The predicted octanol–water partition coefficient (Wildman–Crippen LogP) is 0.856. The van der Waals surface area contributed by atoms with Gasteiger partial charge in [-0.05, 0) is 18.6 Å². The third-order valence-electron chi connectivity index (χ3n) is 1.81. The second-order valence-electron chi connectivity index (χ2n) is 3.07. The lowest BCUT2D eigenvalue weighted by Gasteiger charge is -2.09. The smallest absolute Gasteiger partial charge is 0.274 e. The van der Waals surface area contributed by atoms with Crippen LogP contribution in [-0.4, -0.2) is 16.5 Å². The molecule has 16 heavy (non-hydrogen) atoms. The lowest BCUT2D eigenvalue weighted by Crippen LogP contribution is -2.26. The van der Waals surface area contributed by atoms with Gasteiger partial charge in [-0.1, -0.05) is 6.07 Å². The Morgan fingerprint density at radius 1 is 1.62 bits per heavy atom. The van der Waals surface area contributed by atoms with Crippen LogP contribution in [0.15, 0.2) is 36.5 Å². The minimum atomic E-state index is -0.492. The molecule has 0 spiro atoms. The third kappa shape index (κ3) is 4.41. The zero-order chi connectivity index (χ0) is 11.8. The van der Waals surface area contributed by atoms with E-state index < -0.39 is 4.92 Å². The average Bonchev–Trinajstić information content (AvgIpc) is 2.27. The first kappa shape index (κ1) is 12.0. The molecule has 6 nitrogen and oxygen atoms in total. The molecule has 1 aromatic heterocycles. The van der Waals surface area contributed by atoms with Gasteiger partial charge in [0.15, 0.2) is 5.82 Å². The maximum Gasteiger partial charge on any atom is 0.274 e. The van der Waals surface area contributed by atoms with Crippen LogP contribution in [0.4, 0.5) is 0 Å². The molecule has 0 saturated heterocycles. The molecule has 1 heterocycles. The van der Waals surface area contributed by atoms with Crippen molar-refractivity contribution in [2.75, 3.05) is 6.54 Å². The second-order valence-corrected chi connectivity index (χ2v) is 3.07. The van der Waals surface area contributed by atoms with Gasteiger partial charge in [-0.15, -0.1) is 0 Å². The van der Waals surface area contributed by atoms with Gasteiger partial charge in [0.1, 0.15) is 0 Å². The maximum absolute atomic E-state index is 10.3. The summed E-state index contributed by atoms with van der Waals surface area (Å²) in [4.78, 5) is 13.8. The zero-order valence-electron chi connectivity index (χ0n) is 9.01. The summed E-state index contributed by atoms with van der Waals surface area (Å²) in [6.07, 6.45) is 4.31. The fourth-order valence-electron chi connectivity index (χ4n) is 1.15. The molecular weight excluding hydrogens is 208 g/mol. The molecule has 0 saturated carbocycles. The van der Waals surface area contributed by atoms with E-state index in [1.807, 2.05) is 19.1 Å². The Morgan fingerprint density at radius 2 is 2.44 bits per heavy atom. The van der Waals surface area contributed by atoms with Crippen molar-refractivity contribution in [3.8, 4) is 0 Å². The van der Waals surface area contributed by atoms with Crippen LogP contribution in [-0.2, 0) is 6.54 Å². The number of nitrogens with zero attached hydrogens (tertiary/aromatic N) is 2. The van der Waals surface area contributed by atoms with E-state index in [0.717, 1.165) is 11.8 Å². The van der Waals surface area contributed by atoms with Crippen LogP contribution in [0, 0.1) is 10.1 Å². The van der Waals surface area contributed by atoms with E-state index in [-0.39, 0.29) is 0 Å². The van der Waals surface area contributed by atoms with E-state index in [1.165, 1.54) is 0 Å². The molecule has 0 radical (unpaired) electrons. The van der Waals surface area contributed by atoms with Gasteiger partial charge >= 0.3 is 0 Å². The molecule has 0 aliphatic heterocycles. The average molecular weight is 222 g/mol. The Kier molecular flexibility index (Phi) is 4.78. The number of hydrogen-bond donors (Lipinski definition) is 2. The molecule has 1 rings (SSSR count). The standard InChI is InChI=1S/C10H14N4O2/c1-2-12-10(8-14(15)16)13-7-9-4-3-5-11-6-9/h3-6,8,12-13H,2,7H2,1H3. The first-order chi connectivity index (χ1) is 7.72. The lowest BCUT2D eigenvalue weighted by molar-refractivity contribution is -0.404. The van der Waals surface area contributed by atoms with Gasteiger partial charge in [0, 0.05) is 25.5 Å². The highest BCUT2D eigenvalue weighted by atomic mass is 16.6. The van der Waals surface area contributed by atoms with Crippen LogP contribution in [0.1, 0.15) is 12.5 Å². The summed E-state index contributed by atoms with van der Waals surface area (Å²) in [5.41, 5.74) is 0.967. The second kappa shape index (κ2) is 6.39. The van der Waals surface area contributed by atoms with Crippen LogP contribution >= 0.6 is 0 Å². The number of rotatable bonds is 6. The van der Waals surface area contributed by atoms with E-state index in [2.05, 4.69) is 15.6 Å². The van der Waals surface area contributed by atoms with E-state index in [9.17, 15) is 10.1 Å². The minimum absolute atomic E-state index is 0.399. The summed E-state index contributed by atoms with van der Waals surface area (Å²) in [7, 11) is 0. The van der Waals surface area contributed by atoms with Gasteiger partial charge in [0.05, 0.1) is 4.92 Å². The van der Waals surface area contributed by atoms with Crippen molar-refractivity contribution in [3.63, 3.8) is 0 Å². The Labute approximate surface area is 93.5 Å². The maximum atomic E-state index is 10.3. The molecule has 0 fully saturated rings. The van der Waals surface area contributed by atoms with Crippen molar-refractivity contribution in [1.29, 1.82) is 0 Å². The topological polar surface area (TPSA) is 80.1 Å². The SMILES string of the molecule is CCNC(=C[N+](=O)[O-])NCc1cccnc1.